The van der Waals surface area contributed by atoms with E-state index in [-0.39, 0.29) is 0 Å². The zero-order chi connectivity index (χ0) is 15.3. The molecule has 0 spiro atoms. The first-order chi connectivity index (χ1) is 10.2. The third-order valence-corrected chi connectivity index (χ3v) is 3.54. The van der Waals surface area contributed by atoms with Crippen LogP contribution in [0.5, 0.6) is 0 Å². The summed E-state index contributed by atoms with van der Waals surface area (Å²) in [5, 5.41) is 6.72. The van der Waals surface area contributed by atoms with Gasteiger partial charge in [-0.2, -0.15) is 0 Å². The molecule has 21 heavy (non-hydrogen) atoms. The van der Waals surface area contributed by atoms with Crippen LogP contribution in [0.3, 0.4) is 0 Å². The van der Waals surface area contributed by atoms with Gasteiger partial charge in [-0.25, -0.2) is 0 Å². The van der Waals surface area contributed by atoms with Crippen molar-refractivity contribution in [1.29, 1.82) is 0 Å². The van der Waals surface area contributed by atoms with E-state index in [0.29, 0.717) is 6.10 Å². The second-order valence-corrected chi connectivity index (χ2v) is 5.86. The highest BCUT2D eigenvalue weighted by atomic mass is 16.5. The Labute approximate surface area is 130 Å². The molecule has 5 nitrogen and oxygen atoms in total. The number of piperidine rings is 1. The van der Waals surface area contributed by atoms with Crippen molar-refractivity contribution in [3.8, 4) is 0 Å². The molecular formula is C16H34N4O. The van der Waals surface area contributed by atoms with Crippen LogP contribution < -0.4 is 10.6 Å². The Morgan fingerprint density at radius 2 is 1.95 bits per heavy atom. The minimum atomic E-state index is 0.310. The van der Waals surface area contributed by atoms with Gasteiger partial charge in [-0.05, 0) is 53.1 Å². The molecule has 0 radical (unpaired) electrons. The van der Waals surface area contributed by atoms with Crippen LogP contribution in [0.25, 0.3) is 0 Å². The predicted octanol–water partition coefficient (Wildman–Crippen LogP) is 1.84. The highest BCUT2D eigenvalue weighted by Crippen LogP contribution is 2.07. The van der Waals surface area contributed by atoms with Crippen LogP contribution >= 0.6 is 0 Å². The molecule has 0 aliphatic carbocycles. The lowest BCUT2D eigenvalue weighted by Crippen LogP contribution is -2.42. The van der Waals surface area contributed by atoms with E-state index < -0.39 is 0 Å². The maximum atomic E-state index is 5.53. The highest BCUT2D eigenvalue weighted by molar-refractivity contribution is 5.79. The van der Waals surface area contributed by atoms with Crippen LogP contribution in [0, 0.1) is 0 Å². The summed E-state index contributed by atoms with van der Waals surface area (Å²) in [6.07, 6.45) is 5.38. The van der Waals surface area contributed by atoms with Crippen molar-refractivity contribution in [2.24, 2.45) is 4.99 Å². The van der Waals surface area contributed by atoms with E-state index in [4.69, 9.17) is 4.74 Å². The van der Waals surface area contributed by atoms with E-state index in [1.165, 1.54) is 32.4 Å². The van der Waals surface area contributed by atoms with Crippen LogP contribution in [0.1, 0.15) is 46.5 Å². The van der Waals surface area contributed by atoms with Gasteiger partial charge in [0.25, 0.3) is 0 Å². The van der Waals surface area contributed by atoms with Gasteiger partial charge in [-0.1, -0.05) is 6.42 Å². The summed E-state index contributed by atoms with van der Waals surface area (Å²) in [5.74, 6) is 0.930. The number of guanidine groups is 1. The molecule has 1 saturated heterocycles. The first-order valence-corrected chi connectivity index (χ1v) is 8.58. The predicted molar refractivity (Wildman–Crippen MR) is 90.0 cm³/mol. The highest BCUT2D eigenvalue weighted by Gasteiger charge is 2.09. The summed E-state index contributed by atoms with van der Waals surface area (Å²) in [5.41, 5.74) is 0. The molecule has 0 atom stereocenters. The lowest BCUT2D eigenvalue weighted by molar-refractivity contribution is 0.0782. The van der Waals surface area contributed by atoms with Crippen molar-refractivity contribution in [3.05, 3.63) is 0 Å². The van der Waals surface area contributed by atoms with Crippen molar-refractivity contribution in [2.75, 3.05) is 45.9 Å². The first kappa shape index (κ1) is 18.2. The molecule has 0 saturated carbocycles. The van der Waals surface area contributed by atoms with Gasteiger partial charge in [-0.15, -0.1) is 0 Å². The molecule has 1 aliphatic heterocycles. The third-order valence-electron chi connectivity index (χ3n) is 3.54. The summed E-state index contributed by atoms with van der Waals surface area (Å²) < 4.78 is 5.53. The zero-order valence-electron chi connectivity index (χ0n) is 14.2. The monoisotopic (exact) mass is 298 g/mol. The summed E-state index contributed by atoms with van der Waals surface area (Å²) in [6, 6.07) is 0. The minimum absolute atomic E-state index is 0.310. The van der Waals surface area contributed by atoms with Crippen LogP contribution in [0.4, 0.5) is 0 Å². The molecule has 0 unspecified atom stereocenters. The molecular weight excluding hydrogens is 264 g/mol. The van der Waals surface area contributed by atoms with Crippen molar-refractivity contribution in [2.45, 2.75) is 52.6 Å². The van der Waals surface area contributed by atoms with Crippen molar-refractivity contribution >= 4 is 5.96 Å². The number of aliphatic imine (C=N–C) groups is 1. The smallest absolute Gasteiger partial charge is 0.191 e. The SMILES string of the molecule is CCNC(=NCCCOC(C)C)NCCN1CCCCC1. The molecule has 2 N–H and O–H groups in total. The maximum Gasteiger partial charge on any atom is 0.191 e. The Hall–Kier alpha value is -0.810. The molecule has 0 aromatic carbocycles. The zero-order valence-corrected chi connectivity index (χ0v) is 14.2. The number of nitrogens with one attached hydrogen (secondary N) is 2. The van der Waals surface area contributed by atoms with E-state index in [9.17, 15) is 0 Å². The number of hydrogen-bond donors (Lipinski definition) is 2. The van der Waals surface area contributed by atoms with E-state index in [1.54, 1.807) is 0 Å². The van der Waals surface area contributed by atoms with Gasteiger partial charge in [0.15, 0.2) is 5.96 Å². The topological polar surface area (TPSA) is 48.9 Å². The van der Waals surface area contributed by atoms with Gasteiger partial charge < -0.3 is 20.3 Å². The number of nitrogens with zero attached hydrogens (tertiary/aromatic N) is 2. The molecule has 1 rings (SSSR count). The van der Waals surface area contributed by atoms with Crippen molar-refractivity contribution in [1.82, 2.24) is 15.5 Å². The fourth-order valence-electron chi connectivity index (χ4n) is 2.43. The quantitative estimate of drug-likeness (QED) is 0.387. The molecule has 124 valence electrons. The second kappa shape index (κ2) is 11.8. The Kier molecular flexibility index (Phi) is 10.3. The number of rotatable bonds is 9. The summed E-state index contributed by atoms with van der Waals surface area (Å²) in [6.45, 7) is 13.3. The van der Waals surface area contributed by atoms with Crippen molar-refractivity contribution in [3.63, 3.8) is 0 Å². The van der Waals surface area contributed by atoms with Crippen molar-refractivity contribution < 1.29 is 4.74 Å². The van der Waals surface area contributed by atoms with Gasteiger partial charge in [0, 0.05) is 32.8 Å². The molecule has 0 bridgehead atoms. The number of hydrogen-bond acceptors (Lipinski definition) is 3. The average Bonchev–Trinajstić information content (AvgIpc) is 2.47. The largest absolute Gasteiger partial charge is 0.379 e. The summed E-state index contributed by atoms with van der Waals surface area (Å²) in [4.78, 5) is 7.13. The Balaban J connectivity index is 2.15. The summed E-state index contributed by atoms with van der Waals surface area (Å²) in [7, 11) is 0. The first-order valence-electron chi connectivity index (χ1n) is 8.58. The third kappa shape index (κ3) is 9.69. The normalized spacial score (nSPS) is 17.2. The molecule has 1 heterocycles. The molecule has 1 aliphatic rings. The van der Waals surface area contributed by atoms with Gasteiger partial charge in [0.05, 0.1) is 6.10 Å². The van der Waals surface area contributed by atoms with E-state index in [1.807, 2.05) is 0 Å². The fourth-order valence-corrected chi connectivity index (χ4v) is 2.43. The van der Waals surface area contributed by atoms with Gasteiger partial charge in [-0.3, -0.25) is 4.99 Å². The Morgan fingerprint density at radius 1 is 1.19 bits per heavy atom. The molecule has 0 amide bonds. The Morgan fingerprint density at radius 3 is 2.62 bits per heavy atom. The minimum Gasteiger partial charge on any atom is -0.379 e. The van der Waals surface area contributed by atoms with Gasteiger partial charge in [0.2, 0.25) is 0 Å². The van der Waals surface area contributed by atoms with Gasteiger partial charge >= 0.3 is 0 Å². The number of likely N-dealkylation sites (tertiary alicyclic amines) is 1. The lowest BCUT2D eigenvalue weighted by atomic mass is 10.1. The number of ether oxygens (including phenoxy) is 1. The second-order valence-electron chi connectivity index (χ2n) is 5.86. The van der Waals surface area contributed by atoms with Crippen LogP contribution in [-0.4, -0.2) is 62.8 Å². The standard InChI is InChI=1S/C16H34N4O/c1-4-17-16(18-9-8-14-21-15(2)3)19-10-13-20-11-6-5-7-12-20/h15H,4-14H2,1-3H3,(H2,17,18,19). The molecule has 5 heteroatoms. The van der Waals surface area contributed by atoms with E-state index in [2.05, 4.69) is 41.3 Å². The molecule has 1 fully saturated rings. The van der Waals surface area contributed by atoms with E-state index >= 15 is 0 Å². The molecule has 0 aromatic heterocycles. The summed E-state index contributed by atoms with van der Waals surface area (Å²) >= 11 is 0. The fraction of sp³-hybridized carbons (Fsp3) is 0.938. The van der Waals surface area contributed by atoms with Gasteiger partial charge in [0.1, 0.15) is 0 Å². The van der Waals surface area contributed by atoms with Crippen LogP contribution in [0.15, 0.2) is 4.99 Å². The van der Waals surface area contributed by atoms with Crippen LogP contribution in [0.2, 0.25) is 0 Å². The maximum absolute atomic E-state index is 5.53. The van der Waals surface area contributed by atoms with Crippen LogP contribution in [-0.2, 0) is 4.74 Å². The average molecular weight is 298 g/mol. The van der Waals surface area contributed by atoms with E-state index in [0.717, 1.165) is 45.2 Å². The molecule has 0 aromatic rings. The lowest BCUT2D eigenvalue weighted by Gasteiger charge is -2.26. The Bertz CT molecular complexity index is 275.